The summed E-state index contributed by atoms with van der Waals surface area (Å²) in [5.74, 6) is 0.990. The van der Waals surface area contributed by atoms with Crippen LogP contribution in [0.5, 0.6) is 0 Å². The monoisotopic (exact) mass is 167 g/mol. The highest BCUT2D eigenvalue weighted by Gasteiger charge is 2.01. The van der Waals surface area contributed by atoms with E-state index >= 15 is 0 Å². The standard InChI is InChI=1S/C9H13NS/c1-11-7-9(10)8-5-3-2-4-6-8/h2-6,9H,7,10H2,1H3. The first kappa shape index (κ1) is 8.62. The number of hydrogen-bond donors (Lipinski definition) is 1. The molecule has 0 heterocycles. The summed E-state index contributed by atoms with van der Waals surface area (Å²) in [5.41, 5.74) is 7.11. The summed E-state index contributed by atoms with van der Waals surface area (Å²) < 4.78 is 0. The van der Waals surface area contributed by atoms with Crippen LogP contribution in [-0.4, -0.2) is 12.0 Å². The molecule has 0 radical (unpaired) electrons. The Kier molecular flexibility index (Phi) is 3.46. The number of rotatable bonds is 3. The molecule has 1 aromatic carbocycles. The number of thioether (sulfide) groups is 1. The lowest BCUT2D eigenvalue weighted by atomic mass is 10.1. The maximum Gasteiger partial charge on any atom is 0.0386 e. The predicted octanol–water partition coefficient (Wildman–Crippen LogP) is 2.05. The maximum atomic E-state index is 5.88. The van der Waals surface area contributed by atoms with E-state index in [-0.39, 0.29) is 6.04 Å². The van der Waals surface area contributed by atoms with Crippen LogP contribution in [0.3, 0.4) is 0 Å². The fourth-order valence-corrected chi connectivity index (χ4v) is 1.53. The normalized spacial score (nSPS) is 12.9. The van der Waals surface area contributed by atoms with Crippen LogP contribution < -0.4 is 5.73 Å². The van der Waals surface area contributed by atoms with Crippen molar-refractivity contribution in [3.8, 4) is 0 Å². The van der Waals surface area contributed by atoms with Crippen LogP contribution in [0.1, 0.15) is 11.6 Å². The molecule has 1 unspecified atom stereocenters. The Balaban J connectivity index is 2.61. The zero-order chi connectivity index (χ0) is 8.10. The Hall–Kier alpha value is -0.470. The average molecular weight is 167 g/mol. The van der Waals surface area contributed by atoms with Crippen molar-refractivity contribution in [3.05, 3.63) is 35.9 Å². The van der Waals surface area contributed by atoms with Gasteiger partial charge in [-0.1, -0.05) is 30.3 Å². The van der Waals surface area contributed by atoms with Crippen molar-refractivity contribution >= 4 is 11.8 Å². The first-order chi connectivity index (χ1) is 5.34. The van der Waals surface area contributed by atoms with Crippen molar-refractivity contribution < 1.29 is 0 Å². The number of nitrogens with two attached hydrogens (primary N) is 1. The molecule has 1 aromatic rings. The van der Waals surface area contributed by atoms with Gasteiger partial charge >= 0.3 is 0 Å². The van der Waals surface area contributed by atoms with E-state index < -0.39 is 0 Å². The van der Waals surface area contributed by atoms with Gasteiger partial charge in [-0.25, -0.2) is 0 Å². The fraction of sp³-hybridized carbons (Fsp3) is 0.333. The molecule has 0 aromatic heterocycles. The molecule has 1 nitrogen and oxygen atoms in total. The van der Waals surface area contributed by atoms with Crippen molar-refractivity contribution in [1.82, 2.24) is 0 Å². The van der Waals surface area contributed by atoms with Crippen LogP contribution in [0, 0.1) is 0 Å². The predicted molar refractivity (Wildman–Crippen MR) is 51.8 cm³/mol. The fourth-order valence-electron chi connectivity index (χ4n) is 0.976. The van der Waals surface area contributed by atoms with E-state index in [1.165, 1.54) is 5.56 Å². The SMILES string of the molecule is CSCC(N)c1ccccc1. The Morgan fingerprint density at radius 2 is 2.00 bits per heavy atom. The van der Waals surface area contributed by atoms with Crippen LogP contribution in [0.25, 0.3) is 0 Å². The first-order valence-corrected chi connectivity index (χ1v) is 5.03. The van der Waals surface area contributed by atoms with Crippen molar-refractivity contribution in [2.75, 3.05) is 12.0 Å². The largest absolute Gasteiger partial charge is 0.323 e. The second-order valence-corrected chi connectivity index (χ2v) is 3.38. The van der Waals surface area contributed by atoms with Gasteiger partial charge in [0.25, 0.3) is 0 Å². The minimum Gasteiger partial charge on any atom is -0.323 e. The summed E-state index contributed by atoms with van der Waals surface area (Å²) in [5, 5.41) is 0. The summed E-state index contributed by atoms with van der Waals surface area (Å²) in [6.07, 6.45) is 2.07. The highest BCUT2D eigenvalue weighted by atomic mass is 32.2. The molecular formula is C9H13NS. The summed E-state index contributed by atoms with van der Waals surface area (Å²) in [6.45, 7) is 0. The molecule has 11 heavy (non-hydrogen) atoms. The Labute approximate surface area is 72.0 Å². The van der Waals surface area contributed by atoms with Gasteiger partial charge in [-0.2, -0.15) is 11.8 Å². The van der Waals surface area contributed by atoms with E-state index in [0.717, 1.165) is 5.75 Å². The van der Waals surface area contributed by atoms with E-state index in [0.29, 0.717) is 0 Å². The Bertz CT molecular complexity index is 198. The van der Waals surface area contributed by atoms with Crippen molar-refractivity contribution in [1.29, 1.82) is 0 Å². The molecule has 2 N–H and O–H groups in total. The molecule has 2 heteroatoms. The van der Waals surface area contributed by atoms with Crippen LogP contribution in [0.2, 0.25) is 0 Å². The molecule has 0 saturated heterocycles. The lowest BCUT2D eigenvalue weighted by Gasteiger charge is -2.08. The minimum atomic E-state index is 0.186. The smallest absolute Gasteiger partial charge is 0.0386 e. The quantitative estimate of drug-likeness (QED) is 0.745. The molecule has 0 bridgehead atoms. The zero-order valence-electron chi connectivity index (χ0n) is 6.66. The van der Waals surface area contributed by atoms with Gasteiger partial charge in [-0.15, -0.1) is 0 Å². The molecule has 1 atom stereocenters. The third-order valence-corrected chi connectivity index (χ3v) is 2.27. The topological polar surface area (TPSA) is 26.0 Å². The maximum absolute atomic E-state index is 5.88. The molecular weight excluding hydrogens is 154 g/mol. The second-order valence-electron chi connectivity index (χ2n) is 2.47. The van der Waals surface area contributed by atoms with Gasteiger partial charge in [-0.05, 0) is 11.8 Å². The number of benzene rings is 1. The summed E-state index contributed by atoms with van der Waals surface area (Å²) in [6, 6.07) is 10.4. The number of hydrogen-bond acceptors (Lipinski definition) is 2. The third-order valence-electron chi connectivity index (χ3n) is 1.57. The van der Waals surface area contributed by atoms with E-state index in [1.807, 2.05) is 18.2 Å². The molecule has 0 saturated carbocycles. The van der Waals surface area contributed by atoms with Gasteiger partial charge in [0.1, 0.15) is 0 Å². The van der Waals surface area contributed by atoms with Gasteiger partial charge < -0.3 is 5.73 Å². The Morgan fingerprint density at radius 1 is 1.36 bits per heavy atom. The summed E-state index contributed by atoms with van der Waals surface area (Å²) >= 11 is 1.78. The molecule has 0 amide bonds. The van der Waals surface area contributed by atoms with Gasteiger partial charge in [-0.3, -0.25) is 0 Å². The molecule has 1 rings (SSSR count). The highest BCUT2D eigenvalue weighted by Crippen LogP contribution is 2.12. The van der Waals surface area contributed by atoms with Crippen LogP contribution >= 0.6 is 11.8 Å². The van der Waals surface area contributed by atoms with Crippen molar-refractivity contribution in [3.63, 3.8) is 0 Å². The lowest BCUT2D eigenvalue weighted by Crippen LogP contribution is -2.12. The third kappa shape index (κ3) is 2.56. The van der Waals surface area contributed by atoms with Gasteiger partial charge in [0.15, 0.2) is 0 Å². The van der Waals surface area contributed by atoms with Gasteiger partial charge in [0.05, 0.1) is 0 Å². The van der Waals surface area contributed by atoms with Crippen LogP contribution in [-0.2, 0) is 0 Å². The molecule has 0 fully saturated rings. The van der Waals surface area contributed by atoms with Gasteiger partial charge in [0.2, 0.25) is 0 Å². The molecule has 0 aliphatic rings. The van der Waals surface area contributed by atoms with E-state index in [2.05, 4.69) is 18.4 Å². The first-order valence-electron chi connectivity index (χ1n) is 3.64. The van der Waals surface area contributed by atoms with E-state index in [9.17, 15) is 0 Å². The summed E-state index contributed by atoms with van der Waals surface area (Å²) in [4.78, 5) is 0. The lowest BCUT2D eigenvalue weighted by molar-refractivity contribution is 0.832. The molecule has 0 spiro atoms. The Morgan fingerprint density at radius 3 is 2.55 bits per heavy atom. The molecule has 60 valence electrons. The van der Waals surface area contributed by atoms with Crippen LogP contribution in [0.4, 0.5) is 0 Å². The average Bonchev–Trinajstić information content (AvgIpc) is 2.07. The minimum absolute atomic E-state index is 0.186. The van der Waals surface area contributed by atoms with E-state index in [1.54, 1.807) is 11.8 Å². The van der Waals surface area contributed by atoms with Gasteiger partial charge in [0, 0.05) is 11.8 Å². The zero-order valence-corrected chi connectivity index (χ0v) is 7.47. The molecule has 0 aliphatic heterocycles. The second kappa shape index (κ2) is 4.42. The summed E-state index contributed by atoms with van der Waals surface area (Å²) in [7, 11) is 0. The van der Waals surface area contributed by atoms with Crippen molar-refractivity contribution in [2.24, 2.45) is 5.73 Å². The van der Waals surface area contributed by atoms with E-state index in [4.69, 9.17) is 5.73 Å². The highest BCUT2D eigenvalue weighted by molar-refractivity contribution is 7.98. The van der Waals surface area contributed by atoms with Crippen molar-refractivity contribution in [2.45, 2.75) is 6.04 Å². The van der Waals surface area contributed by atoms with Crippen LogP contribution in [0.15, 0.2) is 30.3 Å². The molecule has 0 aliphatic carbocycles.